The molecule has 3 nitrogen and oxygen atoms in total. The van der Waals surface area contributed by atoms with Crippen LogP contribution < -0.4 is 4.57 Å². The molecule has 2 aromatic heterocycles. The summed E-state index contributed by atoms with van der Waals surface area (Å²) < 4.78 is 11.0. The summed E-state index contributed by atoms with van der Waals surface area (Å²) in [5.41, 5.74) is 6.68. The van der Waals surface area contributed by atoms with E-state index >= 15 is 0 Å². The molecule has 0 bridgehead atoms. The van der Waals surface area contributed by atoms with Crippen LogP contribution in [0, 0.1) is 13.8 Å². The molecule has 33 heavy (non-hydrogen) atoms. The number of nitrogens with zero attached hydrogens (tertiary/aromatic N) is 2. The lowest BCUT2D eigenvalue weighted by atomic mass is 9.98. The highest BCUT2D eigenvalue weighted by atomic mass is 16.3. The molecule has 0 saturated carbocycles. The van der Waals surface area contributed by atoms with Crippen molar-refractivity contribution in [2.45, 2.75) is 13.8 Å². The summed E-state index contributed by atoms with van der Waals surface area (Å²) in [5.74, 6) is 1.19. The van der Waals surface area contributed by atoms with Crippen molar-refractivity contribution >= 4 is 54.5 Å². The van der Waals surface area contributed by atoms with Crippen molar-refractivity contribution in [3.05, 3.63) is 96.3 Å². The molecule has 0 radical (unpaired) electrons. The minimum Gasteiger partial charge on any atom is -0.456 e. The SMILES string of the molecule is Cc1ccccc1-n1c(C)[n+](C)c2cc3oc4ccc5c6ccccc6ccc5c4c3cc21. The van der Waals surface area contributed by atoms with Gasteiger partial charge in [-0.05, 0) is 46.2 Å². The number of rotatable bonds is 1. The van der Waals surface area contributed by atoms with Crippen molar-refractivity contribution < 1.29 is 8.98 Å². The van der Waals surface area contributed by atoms with E-state index in [1.165, 1.54) is 49.5 Å². The third-order valence-corrected chi connectivity index (χ3v) is 7.22. The maximum atomic E-state index is 6.39. The van der Waals surface area contributed by atoms with Gasteiger partial charge in [-0.3, -0.25) is 0 Å². The van der Waals surface area contributed by atoms with Crippen LogP contribution in [-0.4, -0.2) is 4.57 Å². The van der Waals surface area contributed by atoms with Gasteiger partial charge in [-0.1, -0.05) is 60.7 Å². The quantitative estimate of drug-likeness (QED) is 0.199. The molecule has 0 N–H and O–H groups in total. The zero-order valence-electron chi connectivity index (χ0n) is 18.9. The monoisotopic (exact) mass is 427 g/mol. The molecule has 0 fully saturated rings. The first-order valence-electron chi connectivity index (χ1n) is 11.4. The number of hydrogen-bond acceptors (Lipinski definition) is 1. The van der Waals surface area contributed by atoms with Crippen molar-refractivity contribution in [1.82, 2.24) is 4.57 Å². The number of furan rings is 1. The Balaban J connectivity index is 1.66. The van der Waals surface area contributed by atoms with Gasteiger partial charge < -0.3 is 4.42 Å². The largest absolute Gasteiger partial charge is 0.456 e. The Morgan fingerprint density at radius 3 is 2.36 bits per heavy atom. The van der Waals surface area contributed by atoms with Crippen LogP contribution in [0.4, 0.5) is 0 Å². The molecule has 0 aliphatic carbocycles. The Kier molecular flexibility index (Phi) is 3.61. The number of imidazole rings is 1. The summed E-state index contributed by atoms with van der Waals surface area (Å²) in [4.78, 5) is 0. The Morgan fingerprint density at radius 2 is 1.48 bits per heavy atom. The molecule has 0 saturated heterocycles. The van der Waals surface area contributed by atoms with Crippen LogP contribution in [0.15, 0.2) is 89.3 Å². The van der Waals surface area contributed by atoms with Crippen molar-refractivity contribution in [2.24, 2.45) is 7.05 Å². The summed E-state index contributed by atoms with van der Waals surface area (Å²) in [6.45, 7) is 4.35. The molecule has 2 heterocycles. The third kappa shape index (κ3) is 2.42. The summed E-state index contributed by atoms with van der Waals surface area (Å²) >= 11 is 0. The minimum absolute atomic E-state index is 0.927. The van der Waals surface area contributed by atoms with Crippen molar-refractivity contribution in [1.29, 1.82) is 0 Å². The number of fused-ring (bicyclic) bond motifs is 8. The molecule has 0 aliphatic heterocycles. The molecular formula is C30H23N2O+. The van der Waals surface area contributed by atoms with Gasteiger partial charge in [-0.15, -0.1) is 0 Å². The van der Waals surface area contributed by atoms with Crippen molar-refractivity contribution in [2.75, 3.05) is 0 Å². The topological polar surface area (TPSA) is 21.9 Å². The summed E-state index contributed by atoms with van der Waals surface area (Å²) in [6, 6.07) is 30.4. The average Bonchev–Trinajstić information content (AvgIpc) is 3.32. The van der Waals surface area contributed by atoms with Crippen LogP contribution in [0.2, 0.25) is 0 Å². The average molecular weight is 428 g/mol. The summed E-state index contributed by atoms with van der Waals surface area (Å²) in [7, 11) is 2.13. The van der Waals surface area contributed by atoms with Crippen molar-refractivity contribution in [3.8, 4) is 5.69 Å². The highest BCUT2D eigenvalue weighted by molar-refractivity contribution is 6.24. The van der Waals surface area contributed by atoms with E-state index in [-0.39, 0.29) is 0 Å². The van der Waals surface area contributed by atoms with E-state index in [2.05, 4.69) is 115 Å². The number of aryl methyl sites for hydroxylation is 2. The van der Waals surface area contributed by atoms with E-state index in [9.17, 15) is 0 Å². The highest BCUT2D eigenvalue weighted by Crippen LogP contribution is 2.39. The maximum Gasteiger partial charge on any atom is 0.259 e. The number of aromatic nitrogens is 2. The van der Waals surface area contributed by atoms with E-state index in [4.69, 9.17) is 4.42 Å². The standard InChI is InChI=1S/C30H23N2O/c1-18-8-4-7-11-25(18)32-19(2)31(3)26-17-29-24(16-27(26)32)30-23-13-12-20-9-5-6-10-21(20)22(23)14-15-28(30)33-29/h4-17H,1-3H3/q+1. The van der Waals surface area contributed by atoms with Gasteiger partial charge in [0.2, 0.25) is 0 Å². The number of para-hydroxylation sites is 1. The fourth-order valence-electron chi connectivity index (χ4n) is 5.45. The van der Waals surface area contributed by atoms with Gasteiger partial charge in [0.15, 0.2) is 11.0 Å². The molecular weight excluding hydrogens is 404 g/mol. The lowest BCUT2D eigenvalue weighted by molar-refractivity contribution is -0.652. The van der Waals surface area contributed by atoms with Gasteiger partial charge in [0.25, 0.3) is 5.82 Å². The van der Waals surface area contributed by atoms with E-state index < -0.39 is 0 Å². The summed E-state index contributed by atoms with van der Waals surface area (Å²) in [5, 5.41) is 7.38. The normalized spacial score (nSPS) is 12.1. The minimum atomic E-state index is 0.927. The van der Waals surface area contributed by atoms with E-state index in [0.717, 1.165) is 22.1 Å². The Bertz CT molecular complexity index is 1900. The number of benzene rings is 5. The van der Waals surface area contributed by atoms with E-state index in [0.29, 0.717) is 0 Å². The fraction of sp³-hybridized carbons (Fsp3) is 0.100. The van der Waals surface area contributed by atoms with Crippen LogP contribution in [-0.2, 0) is 7.05 Å². The van der Waals surface area contributed by atoms with Crippen LogP contribution in [0.3, 0.4) is 0 Å². The fourth-order valence-corrected chi connectivity index (χ4v) is 5.45. The van der Waals surface area contributed by atoms with Crippen LogP contribution in [0.5, 0.6) is 0 Å². The van der Waals surface area contributed by atoms with Crippen molar-refractivity contribution in [3.63, 3.8) is 0 Å². The Morgan fingerprint density at radius 1 is 0.697 bits per heavy atom. The smallest absolute Gasteiger partial charge is 0.259 e. The second-order valence-corrected chi connectivity index (χ2v) is 8.99. The van der Waals surface area contributed by atoms with Gasteiger partial charge in [0.1, 0.15) is 16.9 Å². The molecule has 7 rings (SSSR count). The molecule has 0 spiro atoms. The number of hydrogen-bond donors (Lipinski definition) is 0. The first-order valence-corrected chi connectivity index (χ1v) is 11.4. The molecule has 3 heteroatoms. The molecule has 0 atom stereocenters. The first kappa shape index (κ1) is 18.5. The molecule has 158 valence electrons. The van der Waals surface area contributed by atoms with Gasteiger partial charge in [0, 0.05) is 29.8 Å². The maximum absolute atomic E-state index is 6.39. The van der Waals surface area contributed by atoms with E-state index in [1.54, 1.807) is 0 Å². The Hall–Kier alpha value is -4.11. The highest BCUT2D eigenvalue weighted by Gasteiger charge is 2.24. The lowest BCUT2D eigenvalue weighted by Gasteiger charge is -2.05. The lowest BCUT2D eigenvalue weighted by Crippen LogP contribution is -2.30. The molecule has 7 aromatic rings. The predicted octanol–water partition coefficient (Wildman–Crippen LogP) is 7.28. The van der Waals surface area contributed by atoms with Gasteiger partial charge >= 0.3 is 0 Å². The third-order valence-electron chi connectivity index (χ3n) is 7.22. The van der Waals surface area contributed by atoms with Gasteiger partial charge in [-0.25, -0.2) is 4.57 Å². The Labute approximate surface area is 191 Å². The molecule has 5 aromatic carbocycles. The zero-order valence-corrected chi connectivity index (χ0v) is 18.9. The zero-order chi connectivity index (χ0) is 22.3. The van der Waals surface area contributed by atoms with Gasteiger partial charge in [0.05, 0.1) is 7.05 Å². The van der Waals surface area contributed by atoms with Crippen LogP contribution in [0.25, 0.3) is 60.2 Å². The van der Waals surface area contributed by atoms with Gasteiger partial charge in [-0.2, -0.15) is 4.57 Å². The first-order chi connectivity index (χ1) is 16.1. The summed E-state index contributed by atoms with van der Waals surface area (Å²) in [6.07, 6.45) is 0. The van der Waals surface area contributed by atoms with Crippen LogP contribution in [0.1, 0.15) is 11.4 Å². The van der Waals surface area contributed by atoms with E-state index in [1.807, 2.05) is 0 Å². The second-order valence-electron chi connectivity index (χ2n) is 8.99. The molecule has 0 aliphatic rings. The second kappa shape index (κ2) is 6.46. The molecule has 0 unspecified atom stereocenters. The van der Waals surface area contributed by atoms with Crippen LogP contribution >= 0.6 is 0 Å². The molecule has 0 amide bonds. The predicted molar refractivity (Wildman–Crippen MR) is 136 cm³/mol.